The van der Waals surface area contributed by atoms with Gasteiger partial charge in [-0.1, -0.05) is 13.8 Å². The summed E-state index contributed by atoms with van der Waals surface area (Å²) in [5.41, 5.74) is -0.538. The molecule has 0 aromatic heterocycles. The van der Waals surface area contributed by atoms with Crippen LogP contribution in [0.1, 0.15) is 27.7 Å². The van der Waals surface area contributed by atoms with Crippen LogP contribution in [-0.2, 0) is 0 Å². The normalized spacial score (nSPS) is 26.0. The Kier molecular flexibility index (Phi) is 4.65. The van der Waals surface area contributed by atoms with Gasteiger partial charge in [0.2, 0.25) is 0 Å². The third-order valence-electron chi connectivity index (χ3n) is 3.60. The monoisotopic (exact) mass is 270 g/mol. The molecule has 0 spiro atoms. The second-order valence-corrected chi connectivity index (χ2v) is 5.99. The van der Waals surface area contributed by atoms with Gasteiger partial charge in [-0.25, -0.2) is 8.78 Å². The van der Waals surface area contributed by atoms with E-state index in [4.69, 9.17) is 0 Å². The lowest BCUT2D eigenvalue weighted by Crippen LogP contribution is -2.65. The van der Waals surface area contributed by atoms with Crippen LogP contribution >= 0.6 is 0 Å². The first-order chi connectivity index (χ1) is 8.06. The van der Waals surface area contributed by atoms with Gasteiger partial charge >= 0.3 is 12.3 Å². The fourth-order valence-corrected chi connectivity index (χ4v) is 2.09. The molecule has 1 aliphatic rings. The molecule has 1 aliphatic heterocycles. The van der Waals surface area contributed by atoms with Gasteiger partial charge < -0.3 is 5.32 Å². The third-order valence-corrected chi connectivity index (χ3v) is 3.60. The predicted molar refractivity (Wildman–Crippen MR) is 63.2 cm³/mol. The van der Waals surface area contributed by atoms with E-state index < -0.39 is 24.4 Å². The molecule has 0 aromatic carbocycles. The first-order valence-corrected chi connectivity index (χ1v) is 6.20. The Morgan fingerprint density at radius 2 is 1.89 bits per heavy atom. The zero-order valence-corrected chi connectivity index (χ0v) is 11.3. The van der Waals surface area contributed by atoms with Gasteiger partial charge in [-0.05, 0) is 19.8 Å². The Morgan fingerprint density at radius 3 is 2.33 bits per heavy atom. The minimum atomic E-state index is -3.95. The highest BCUT2D eigenvalue weighted by molar-refractivity contribution is 4.95. The molecule has 1 fully saturated rings. The number of nitrogens with one attached hydrogen (secondary N) is 1. The molecule has 108 valence electrons. The van der Waals surface area contributed by atoms with Crippen LogP contribution in [0.3, 0.4) is 0 Å². The lowest BCUT2D eigenvalue weighted by Gasteiger charge is -2.48. The van der Waals surface area contributed by atoms with Crippen LogP contribution in [0.25, 0.3) is 0 Å². The van der Waals surface area contributed by atoms with E-state index in [-0.39, 0.29) is 12.0 Å². The van der Waals surface area contributed by atoms with E-state index in [1.54, 1.807) is 13.8 Å². The van der Waals surface area contributed by atoms with Gasteiger partial charge in [0.1, 0.15) is 0 Å². The number of alkyl halides is 4. The summed E-state index contributed by atoms with van der Waals surface area (Å²) in [4.78, 5) is 1.47. The van der Waals surface area contributed by atoms with E-state index in [1.165, 1.54) is 4.90 Å². The van der Waals surface area contributed by atoms with Gasteiger partial charge in [0.15, 0.2) is 0 Å². The molecular formula is C12H22F4N2. The summed E-state index contributed by atoms with van der Waals surface area (Å²) in [6.07, 6.45) is -3.61. The molecule has 1 unspecified atom stereocenters. The number of nitrogens with zero attached hydrogens (tertiary/aromatic N) is 1. The van der Waals surface area contributed by atoms with Gasteiger partial charge in [-0.2, -0.15) is 8.78 Å². The average Bonchev–Trinajstić information content (AvgIpc) is 2.20. The molecule has 1 rings (SSSR count). The van der Waals surface area contributed by atoms with Gasteiger partial charge in [0, 0.05) is 24.7 Å². The summed E-state index contributed by atoms with van der Waals surface area (Å²) in [5, 5.41) is 3.28. The Labute approximate surface area is 106 Å². The van der Waals surface area contributed by atoms with Crippen molar-refractivity contribution in [1.29, 1.82) is 0 Å². The van der Waals surface area contributed by atoms with Crippen molar-refractivity contribution in [3.05, 3.63) is 0 Å². The van der Waals surface area contributed by atoms with Crippen molar-refractivity contribution in [1.82, 2.24) is 10.2 Å². The molecule has 0 aromatic rings. The Morgan fingerprint density at radius 1 is 1.33 bits per heavy atom. The summed E-state index contributed by atoms with van der Waals surface area (Å²) in [6, 6.07) is 0.0616. The number of halogens is 4. The van der Waals surface area contributed by atoms with Gasteiger partial charge in [-0.15, -0.1) is 0 Å². The Bertz CT molecular complexity index is 279. The highest BCUT2D eigenvalue weighted by Crippen LogP contribution is 2.29. The van der Waals surface area contributed by atoms with Crippen LogP contribution in [0.5, 0.6) is 0 Å². The standard InChI is InChI=1S/C12H22F4N2/c1-8(2)9-5-18(11(3,4)6-17-9)7-12(15,16)10(13)14/h8-10,17H,5-7H2,1-4H3. The summed E-state index contributed by atoms with van der Waals surface area (Å²) in [7, 11) is 0. The van der Waals surface area contributed by atoms with E-state index in [9.17, 15) is 17.6 Å². The van der Waals surface area contributed by atoms with E-state index >= 15 is 0 Å². The topological polar surface area (TPSA) is 15.3 Å². The zero-order chi connectivity index (χ0) is 14.1. The van der Waals surface area contributed by atoms with Crippen molar-refractivity contribution >= 4 is 0 Å². The number of hydrogen-bond donors (Lipinski definition) is 1. The third kappa shape index (κ3) is 3.57. The summed E-state index contributed by atoms with van der Waals surface area (Å²) in [5.74, 6) is -3.67. The molecule has 0 bridgehead atoms. The minimum Gasteiger partial charge on any atom is -0.311 e. The molecule has 1 atom stereocenters. The molecule has 1 heterocycles. The number of hydrogen-bond acceptors (Lipinski definition) is 2. The lowest BCUT2D eigenvalue weighted by atomic mass is 9.92. The smallest absolute Gasteiger partial charge is 0.311 e. The van der Waals surface area contributed by atoms with Crippen molar-refractivity contribution < 1.29 is 17.6 Å². The molecule has 6 heteroatoms. The van der Waals surface area contributed by atoms with Crippen LogP contribution in [-0.4, -0.2) is 48.5 Å². The summed E-state index contributed by atoms with van der Waals surface area (Å²) >= 11 is 0. The van der Waals surface area contributed by atoms with Crippen LogP contribution in [0.4, 0.5) is 17.6 Å². The molecule has 0 radical (unpaired) electrons. The Balaban J connectivity index is 2.76. The van der Waals surface area contributed by atoms with Crippen LogP contribution in [0, 0.1) is 5.92 Å². The summed E-state index contributed by atoms with van der Waals surface area (Å²) in [6.45, 7) is 7.56. The maximum Gasteiger partial charge on any atom is 0.319 e. The van der Waals surface area contributed by atoms with Gasteiger partial charge in [0.25, 0.3) is 0 Å². The van der Waals surface area contributed by atoms with E-state index in [0.29, 0.717) is 13.1 Å². The van der Waals surface area contributed by atoms with Crippen LogP contribution in [0.15, 0.2) is 0 Å². The fraction of sp³-hybridized carbons (Fsp3) is 1.00. The number of piperazine rings is 1. The van der Waals surface area contributed by atoms with E-state index in [2.05, 4.69) is 5.32 Å². The van der Waals surface area contributed by atoms with Crippen LogP contribution in [0.2, 0.25) is 0 Å². The molecule has 1 N–H and O–H groups in total. The zero-order valence-electron chi connectivity index (χ0n) is 11.3. The second kappa shape index (κ2) is 5.33. The van der Waals surface area contributed by atoms with Crippen molar-refractivity contribution in [2.75, 3.05) is 19.6 Å². The minimum absolute atomic E-state index is 0.0616. The summed E-state index contributed by atoms with van der Waals surface area (Å²) < 4.78 is 50.9. The first kappa shape index (κ1) is 15.7. The molecule has 0 amide bonds. The molecular weight excluding hydrogens is 248 g/mol. The molecule has 1 saturated heterocycles. The lowest BCUT2D eigenvalue weighted by molar-refractivity contribution is -0.156. The van der Waals surface area contributed by atoms with Gasteiger partial charge in [-0.3, -0.25) is 4.90 Å². The SMILES string of the molecule is CC(C)C1CN(CC(F)(F)C(F)F)C(C)(C)CN1. The largest absolute Gasteiger partial charge is 0.319 e. The van der Waals surface area contributed by atoms with Crippen molar-refractivity contribution in [3.63, 3.8) is 0 Å². The maximum absolute atomic E-state index is 13.2. The van der Waals surface area contributed by atoms with Gasteiger partial charge in [0.05, 0.1) is 6.54 Å². The molecule has 0 aliphatic carbocycles. The highest BCUT2D eigenvalue weighted by Gasteiger charge is 2.46. The van der Waals surface area contributed by atoms with E-state index in [0.717, 1.165) is 0 Å². The molecule has 0 saturated carbocycles. The first-order valence-electron chi connectivity index (χ1n) is 6.20. The van der Waals surface area contributed by atoms with Crippen LogP contribution < -0.4 is 5.32 Å². The number of rotatable bonds is 4. The van der Waals surface area contributed by atoms with Crippen molar-refractivity contribution in [3.8, 4) is 0 Å². The second-order valence-electron chi connectivity index (χ2n) is 5.99. The molecule has 2 nitrogen and oxygen atoms in total. The average molecular weight is 270 g/mol. The molecule has 18 heavy (non-hydrogen) atoms. The quantitative estimate of drug-likeness (QED) is 0.790. The fourth-order valence-electron chi connectivity index (χ4n) is 2.09. The van der Waals surface area contributed by atoms with Crippen molar-refractivity contribution in [2.45, 2.75) is 51.6 Å². The van der Waals surface area contributed by atoms with Crippen molar-refractivity contribution in [2.24, 2.45) is 5.92 Å². The Hall–Kier alpha value is -0.360. The maximum atomic E-state index is 13.2. The van der Waals surface area contributed by atoms with E-state index in [1.807, 2.05) is 13.8 Å². The predicted octanol–water partition coefficient (Wildman–Crippen LogP) is 2.60. The highest BCUT2D eigenvalue weighted by atomic mass is 19.3.